The van der Waals surface area contributed by atoms with Crippen LogP contribution in [0.25, 0.3) is 6.08 Å². The van der Waals surface area contributed by atoms with Crippen LogP contribution in [0.2, 0.25) is 0 Å². The number of hydrogen-bond donors (Lipinski definition) is 2. The number of carbonyl (C=O) groups is 1. The monoisotopic (exact) mass is 424 g/mol. The zero-order chi connectivity index (χ0) is 22.1. The van der Waals surface area contributed by atoms with Gasteiger partial charge in [0.1, 0.15) is 17.7 Å². The first-order chi connectivity index (χ1) is 14.9. The maximum absolute atomic E-state index is 12.9. The molecule has 2 heterocycles. The fraction of sp³-hybridized carbons (Fsp3) is 0.435. The minimum Gasteiger partial charge on any atom is -0.478 e. The van der Waals surface area contributed by atoms with Gasteiger partial charge >= 0.3 is 11.7 Å². The zero-order valence-corrected chi connectivity index (χ0v) is 17.9. The fourth-order valence-electron chi connectivity index (χ4n) is 4.77. The summed E-state index contributed by atoms with van der Waals surface area (Å²) in [6.45, 7) is 0.770. The molecule has 1 aromatic heterocycles. The Kier molecular flexibility index (Phi) is 5.71. The van der Waals surface area contributed by atoms with E-state index in [1.54, 1.807) is 6.08 Å². The molecule has 2 N–H and O–H groups in total. The van der Waals surface area contributed by atoms with E-state index in [0.29, 0.717) is 17.4 Å². The highest BCUT2D eigenvalue weighted by atomic mass is 16.4. The number of nitrogens with zero attached hydrogens (tertiary/aromatic N) is 3. The van der Waals surface area contributed by atoms with Gasteiger partial charge in [-0.2, -0.15) is 0 Å². The van der Waals surface area contributed by atoms with Crippen molar-refractivity contribution in [2.24, 2.45) is 13.0 Å². The lowest BCUT2D eigenvalue weighted by Gasteiger charge is -2.34. The lowest BCUT2D eigenvalue weighted by atomic mass is 9.88. The molecule has 8 nitrogen and oxygen atoms in total. The first kappa shape index (κ1) is 21.0. The molecule has 164 valence electrons. The third-order valence-electron chi connectivity index (χ3n) is 6.40. The number of anilines is 2. The Morgan fingerprint density at radius 2 is 1.81 bits per heavy atom. The van der Waals surface area contributed by atoms with Crippen molar-refractivity contribution in [2.75, 3.05) is 23.4 Å². The SMILES string of the molecule is CN1c2c([nH]c(=O)n(C)c2=O)N(CC2CCCCC2)C1c1ccc(/C=C/C(=O)O)cc1. The van der Waals surface area contributed by atoms with Crippen LogP contribution in [0.5, 0.6) is 0 Å². The van der Waals surface area contributed by atoms with Gasteiger partial charge in [-0.15, -0.1) is 0 Å². The summed E-state index contributed by atoms with van der Waals surface area (Å²) >= 11 is 0. The van der Waals surface area contributed by atoms with Gasteiger partial charge in [0.25, 0.3) is 5.56 Å². The van der Waals surface area contributed by atoms with Crippen molar-refractivity contribution in [3.8, 4) is 0 Å². The van der Waals surface area contributed by atoms with Gasteiger partial charge in [0, 0.05) is 26.7 Å². The Balaban J connectivity index is 1.74. The van der Waals surface area contributed by atoms with Crippen molar-refractivity contribution >= 4 is 23.6 Å². The number of nitrogens with one attached hydrogen (secondary N) is 1. The number of carboxylic acids is 1. The van der Waals surface area contributed by atoms with Gasteiger partial charge in [0.2, 0.25) is 0 Å². The molecule has 2 aromatic rings. The minimum atomic E-state index is -0.992. The molecule has 8 heteroatoms. The third-order valence-corrected chi connectivity index (χ3v) is 6.40. The van der Waals surface area contributed by atoms with Crippen LogP contribution in [0.3, 0.4) is 0 Å². The second-order valence-corrected chi connectivity index (χ2v) is 8.47. The average molecular weight is 425 g/mol. The van der Waals surface area contributed by atoms with Gasteiger partial charge in [-0.25, -0.2) is 9.59 Å². The van der Waals surface area contributed by atoms with Crippen LogP contribution in [0.4, 0.5) is 11.5 Å². The minimum absolute atomic E-state index is 0.222. The molecule has 1 fully saturated rings. The van der Waals surface area contributed by atoms with Crippen molar-refractivity contribution < 1.29 is 9.90 Å². The second kappa shape index (κ2) is 8.45. The molecule has 0 amide bonds. The Morgan fingerprint density at radius 1 is 1.13 bits per heavy atom. The number of aromatic nitrogens is 2. The number of carboxylic acid groups (broad SMARTS) is 1. The number of hydrogen-bond acceptors (Lipinski definition) is 5. The molecular formula is C23H28N4O4. The van der Waals surface area contributed by atoms with Crippen LogP contribution in [-0.4, -0.2) is 34.2 Å². The molecule has 1 atom stereocenters. The molecule has 1 aliphatic carbocycles. The third kappa shape index (κ3) is 4.02. The second-order valence-electron chi connectivity index (χ2n) is 8.47. The number of fused-ring (bicyclic) bond motifs is 1. The number of rotatable bonds is 5. The Bertz CT molecular complexity index is 1110. The highest BCUT2D eigenvalue weighted by Gasteiger charge is 2.39. The molecule has 31 heavy (non-hydrogen) atoms. The van der Waals surface area contributed by atoms with Gasteiger partial charge in [-0.05, 0) is 36.0 Å². The lowest BCUT2D eigenvalue weighted by Crippen LogP contribution is -2.37. The van der Waals surface area contributed by atoms with Crippen LogP contribution in [-0.2, 0) is 11.8 Å². The van der Waals surface area contributed by atoms with Crippen molar-refractivity contribution in [2.45, 2.75) is 38.3 Å². The molecule has 1 saturated carbocycles. The number of H-pyrrole nitrogens is 1. The molecule has 4 rings (SSSR count). The predicted molar refractivity (Wildman–Crippen MR) is 120 cm³/mol. The molecule has 0 spiro atoms. The van der Waals surface area contributed by atoms with E-state index in [-0.39, 0.29) is 11.7 Å². The largest absolute Gasteiger partial charge is 0.478 e. The van der Waals surface area contributed by atoms with E-state index in [4.69, 9.17) is 5.11 Å². The van der Waals surface area contributed by atoms with Crippen LogP contribution in [0, 0.1) is 5.92 Å². The number of benzene rings is 1. The van der Waals surface area contributed by atoms with Crippen molar-refractivity contribution in [1.82, 2.24) is 9.55 Å². The van der Waals surface area contributed by atoms with Gasteiger partial charge in [0.15, 0.2) is 0 Å². The van der Waals surface area contributed by atoms with E-state index in [1.165, 1.54) is 26.3 Å². The Labute approximate surface area is 180 Å². The van der Waals surface area contributed by atoms with E-state index in [0.717, 1.165) is 41.2 Å². The maximum Gasteiger partial charge on any atom is 0.329 e. The fourth-order valence-corrected chi connectivity index (χ4v) is 4.77. The molecular weight excluding hydrogens is 396 g/mol. The van der Waals surface area contributed by atoms with Gasteiger partial charge in [-0.3, -0.25) is 14.3 Å². The van der Waals surface area contributed by atoms with E-state index in [9.17, 15) is 14.4 Å². The predicted octanol–water partition coefficient (Wildman–Crippen LogP) is 2.71. The molecule has 1 aliphatic heterocycles. The Morgan fingerprint density at radius 3 is 2.45 bits per heavy atom. The molecule has 1 unspecified atom stereocenters. The smallest absolute Gasteiger partial charge is 0.329 e. The lowest BCUT2D eigenvalue weighted by molar-refractivity contribution is -0.131. The van der Waals surface area contributed by atoms with Crippen LogP contribution in [0.1, 0.15) is 49.4 Å². The van der Waals surface area contributed by atoms with Gasteiger partial charge in [-0.1, -0.05) is 43.5 Å². The van der Waals surface area contributed by atoms with Crippen LogP contribution < -0.4 is 21.0 Å². The summed E-state index contributed by atoms with van der Waals surface area (Å²) in [6.07, 6.45) is 8.42. The van der Waals surface area contributed by atoms with Crippen molar-refractivity contribution in [3.63, 3.8) is 0 Å². The van der Waals surface area contributed by atoms with Crippen LogP contribution >= 0.6 is 0 Å². The zero-order valence-electron chi connectivity index (χ0n) is 17.9. The normalized spacial score (nSPS) is 19.2. The molecule has 0 saturated heterocycles. The summed E-state index contributed by atoms with van der Waals surface area (Å²) in [5.74, 6) is 0.107. The van der Waals surface area contributed by atoms with E-state index >= 15 is 0 Å². The van der Waals surface area contributed by atoms with E-state index in [1.807, 2.05) is 36.2 Å². The standard InChI is InChI=1S/C23H28N4O4/c1-25-19-20(24-23(31)26(2)22(19)30)27(14-16-6-4-3-5-7-16)21(25)17-11-8-15(9-12-17)10-13-18(28)29/h8-13,16,21H,3-7,14H2,1-2H3,(H,24,31)(H,28,29)/b13-10+. The quantitative estimate of drug-likeness (QED) is 0.716. The molecule has 0 radical (unpaired) electrons. The van der Waals surface area contributed by atoms with E-state index in [2.05, 4.69) is 9.88 Å². The highest BCUT2D eigenvalue weighted by molar-refractivity contribution is 5.85. The summed E-state index contributed by atoms with van der Waals surface area (Å²) in [4.78, 5) is 43.1. The van der Waals surface area contributed by atoms with Gasteiger partial charge in [0.05, 0.1) is 0 Å². The van der Waals surface area contributed by atoms with Gasteiger partial charge < -0.3 is 14.9 Å². The van der Waals surface area contributed by atoms with Crippen molar-refractivity contribution in [1.29, 1.82) is 0 Å². The molecule has 1 aromatic carbocycles. The molecule has 2 aliphatic rings. The summed E-state index contributed by atoms with van der Waals surface area (Å²) in [6, 6.07) is 7.63. The maximum atomic E-state index is 12.9. The highest BCUT2D eigenvalue weighted by Crippen LogP contribution is 2.43. The van der Waals surface area contributed by atoms with Crippen molar-refractivity contribution in [3.05, 3.63) is 62.3 Å². The summed E-state index contributed by atoms with van der Waals surface area (Å²) < 4.78 is 1.11. The summed E-state index contributed by atoms with van der Waals surface area (Å²) in [5.41, 5.74) is 1.54. The summed E-state index contributed by atoms with van der Waals surface area (Å²) in [5, 5.41) is 8.84. The summed E-state index contributed by atoms with van der Waals surface area (Å²) in [7, 11) is 3.36. The molecule has 0 bridgehead atoms. The van der Waals surface area contributed by atoms with Crippen LogP contribution in [0.15, 0.2) is 39.9 Å². The van der Waals surface area contributed by atoms with E-state index < -0.39 is 11.7 Å². The Hall–Kier alpha value is -3.29. The topological polar surface area (TPSA) is 98.6 Å². The average Bonchev–Trinajstić information content (AvgIpc) is 3.02. The number of aliphatic carboxylic acids is 1. The number of aromatic amines is 1. The first-order valence-electron chi connectivity index (χ1n) is 10.7. The first-order valence-corrected chi connectivity index (χ1v) is 10.7.